The van der Waals surface area contributed by atoms with Crippen LogP contribution in [0.1, 0.15) is 13.3 Å². The molecule has 0 amide bonds. The first-order valence-electron chi connectivity index (χ1n) is 5.29. The van der Waals surface area contributed by atoms with Crippen molar-refractivity contribution in [2.45, 2.75) is 13.3 Å². The number of rotatable bonds is 3. The molecule has 2 rings (SSSR count). The average Bonchev–Trinajstić information content (AvgIpc) is 2.30. The molecule has 0 saturated heterocycles. The van der Waals surface area contributed by atoms with Crippen molar-refractivity contribution in [2.75, 3.05) is 17.6 Å². The lowest BCUT2D eigenvalue weighted by atomic mass is 10.2. The average molecular weight is 218 g/mol. The summed E-state index contributed by atoms with van der Waals surface area (Å²) in [7, 11) is 0. The van der Waals surface area contributed by atoms with Crippen LogP contribution in [0.15, 0.2) is 33.5 Å². The van der Waals surface area contributed by atoms with Crippen LogP contribution in [0.5, 0.6) is 0 Å². The first-order chi connectivity index (χ1) is 7.74. The normalized spacial score (nSPS) is 10.6. The molecule has 1 aromatic carbocycles. The number of para-hydroxylation sites is 1. The molecule has 1 aromatic heterocycles. The number of hydrogen-bond donors (Lipinski definition) is 2. The number of fused-ring (bicyclic) bond motifs is 1. The van der Waals surface area contributed by atoms with Crippen LogP contribution in [0.25, 0.3) is 11.0 Å². The fourth-order valence-corrected chi connectivity index (χ4v) is 1.60. The van der Waals surface area contributed by atoms with Crippen LogP contribution in [0.2, 0.25) is 0 Å². The molecule has 0 aliphatic heterocycles. The zero-order valence-electron chi connectivity index (χ0n) is 9.12. The molecule has 4 nitrogen and oxygen atoms in total. The molecule has 2 aromatic rings. The van der Waals surface area contributed by atoms with Gasteiger partial charge in [-0.15, -0.1) is 0 Å². The summed E-state index contributed by atoms with van der Waals surface area (Å²) in [6.45, 7) is 2.83. The van der Waals surface area contributed by atoms with E-state index in [2.05, 4.69) is 12.2 Å². The van der Waals surface area contributed by atoms with E-state index in [0.717, 1.165) is 18.4 Å². The van der Waals surface area contributed by atoms with Crippen molar-refractivity contribution in [3.63, 3.8) is 0 Å². The highest BCUT2D eigenvalue weighted by atomic mass is 16.4. The molecule has 0 unspecified atom stereocenters. The highest BCUT2D eigenvalue weighted by Crippen LogP contribution is 2.26. The topological polar surface area (TPSA) is 68.3 Å². The minimum absolute atomic E-state index is 0.146. The van der Waals surface area contributed by atoms with Crippen LogP contribution in [-0.4, -0.2) is 6.54 Å². The Morgan fingerprint density at radius 3 is 2.88 bits per heavy atom. The van der Waals surface area contributed by atoms with Crippen LogP contribution in [-0.2, 0) is 0 Å². The summed E-state index contributed by atoms with van der Waals surface area (Å²) in [5.74, 6) is 0. The minimum atomic E-state index is -0.489. The van der Waals surface area contributed by atoms with Crippen molar-refractivity contribution in [2.24, 2.45) is 0 Å². The molecule has 1 heterocycles. The molecule has 16 heavy (non-hydrogen) atoms. The molecule has 0 saturated carbocycles. The minimum Gasteiger partial charge on any atom is -0.421 e. The lowest BCUT2D eigenvalue weighted by molar-refractivity contribution is 0.564. The maximum absolute atomic E-state index is 11.5. The summed E-state index contributed by atoms with van der Waals surface area (Å²) >= 11 is 0. The van der Waals surface area contributed by atoms with Gasteiger partial charge in [0, 0.05) is 11.9 Å². The zero-order valence-corrected chi connectivity index (χ0v) is 9.12. The van der Waals surface area contributed by atoms with Gasteiger partial charge in [-0.05, 0) is 18.6 Å². The van der Waals surface area contributed by atoms with Gasteiger partial charge >= 0.3 is 5.63 Å². The molecule has 0 aliphatic rings. The van der Waals surface area contributed by atoms with Crippen LogP contribution < -0.4 is 16.7 Å². The summed E-state index contributed by atoms with van der Waals surface area (Å²) in [4.78, 5) is 11.5. The van der Waals surface area contributed by atoms with Gasteiger partial charge in [0.2, 0.25) is 0 Å². The van der Waals surface area contributed by atoms with Crippen molar-refractivity contribution in [3.8, 4) is 0 Å². The molecule has 3 N–H and O–H groups in total. The van der Waals surface area contributed by atoms with Crippen LogP contribution in [0.4, 0.5) is 11.4 Å². The van der Waals surface area contributed by atoms with E-state index in [1.165, 1.54) is 0 Å². The fourth-order valence-electron chi connectivity index (χ4n) is 1.60. The number of hydrogen-bond acceptors (Lipinski definition) is 4. The maximum atomic E-state index is 11.5. The summed E-state index contributed by atoms with van der Waals surface area (Å²) in [6, 6.07) is 7.35. The molecule has 4 heteroatoms. The van der Waals surface area contributed by atoms with Crippen LogP contribution >= 0.6 is 0 Å². The molecule has 0 spiro atoms. The van der Waals surface area contributed by atoms with Crippen LogP contribution in [0.3, 0.4) is 0 Å². The van der Waals surface area contributed by atoms with E-state index >= 15 is 0 Å². The van der Waals surface area contributed by atoms with Gasteiger partial charge in [0.05, 0.1) is 5.69 Å². The Hall–Kier alpha value is -1.97. The van der Waals surface area contributed by atoms with Gasteiger partial charge in [0.15, 0.2) is 0 Å². The number of nitrogens with two attached hydrogens (primary N) is 1. The van der Waals surface area contributed by atoms with Gasteiger partial charge in [0.1, 0.15) is 11.3 Å². The molecule has 84 valence electrons. The van der Waals surface area contributed by atoms with E-state index in [9.17, 15) is 4.79 Å². The Bertz CT molecular complexity index is 560. The highest BCUT2D eigenvalue weighted by Gasteiger charge is 2.10. The third-order valence-electron chi connectivity index (χ3n) is 2.40. The zero-order chi connectivity index (χ0) is 11.5. The second kappa shape index (κ2) is 4.26. The quantitative estimate of drug-likeness (QED) is 0.775. The Balaban J connectivity index is 2.66. The monoisotopic (exact) mass is 218 g/mol. The Morgan fingerprint density at radius 2 is 2.12 bits per heavy atom. The maximum Gasteiger partial charge on any atom is 0.361 e. The Labute approximate surface area is 93.1 Å². The lowest BCUT2D eigenvalue weighted by Crippen LogP contribution is -2.12. The highest BCUT2D eigenvalue weighted by molar-refractivity contribution is 5.95. The van der Waals surface area contributed by atoms with Gasteiger partial charge in [-0.2, -0.15) is 0 Å². The van der Waals surface area contributed by atoms with Gasteiger partial charge in [0.25, 0.3) is 0 Å². The van der Waals surface area contributed by atoms with Gasteiger partial charge in [-0.1, -0.05) is 19.1 Å². The van der Waals surface area contributed by atoms with Crippen molar-refractivity contribution in [1.82, 2.24) is 0 Å². The molecule has 0 fully saturated rings. The molecule has 0 atom stereocenters. The molecule has 0 bridgehead atoms. The van der Waals surface area contributed by atoms with Crippen LogP contribution in [0, 0.1) is 0 Å². The number of anilines is 2. The number of nitrogens with one attached hydrogen (secondary N) is 1. The SMILES string of the molecule is CCCNc1c(N)c(=O)oc2ccccc12. The summed E-state index contributed by atoms with van der Waals surface area (Å²) < 4.78 is 5.09. The smallest absolute Gasteiger partial charge is 0.361 e. The number of benzene rings is 1. The molecular weight excluding hydrogens is 204 g/mol. The molecule has 0 radical (unpaired) electrons. The van der Waals surface area contributed by atoms with Crippen molar-refractivity contribution in [3.05, 3.63) is 34.7 Å². The summed E-state index contributed by atoms with van der Waals surface area (Å²) in [6.07, 6.45) is 0.966. The largest absolute Gasteiger partial charge is 0.421 e. The van der Waals surface area contributed by atoms with Crippen molar-refractivity contribution >= 4 is 22.3 Å². The van der Waals surface area contributed by atoms with Crippen molar-refractivity contribution in [1.29, 1.82) is 0 Å². The molecular formula is C12H14N2O2. The summed E-state index contributed by atoms with van der Waals surface area (Å²) in [5, 5.41) is 4.00. The predicted molar refractivity (Wildman–Crippen MR) is 65.7 cm³/mol. The van der Waals surface area contributed by atoms with Gasteiger partial charge in [-0.3, -0.25) is 0 Å². The second-order valence-corrected chi connectivity index (χ2v) is 3.60. The van der Waals surface area contributed by atoms with E-state index in [1.807, 2.05) is 18.2 Å². The Kier molecular flexibility index (Phi) is 2.81. The van der Waals surface area contributed by atoms with E-state index in [-0.39, 0.29) is 5.69 Å². The predicted octanol–water partition coefficient (Wildman–Crippen LogP) is 2.20. The lowest BCUT2D eigenvalue weighted by Gasteiger charge is -2.09. The van der Waals surface area contributed by atoms with Gasteiger partial charge in [-0.25, -0.2) is 4.79 Å². The Morgan fingerprint density at radius 1 is 1.38 bits per heavy atom. The van der Waals surface area contributed by atoms with E-state index in [4.69, 9.17) is 10.2 Å². The van der Waals surface area contributed by atoms with E-state index in [0.29, 0.717) is 11.3 Å². The fraction of sp³-hybridized carbons (Fsp3) is 0.250. The molecule has 0 aliphatic carbocycles. The second-order valence-electron chi connectivity index (χ2n) is 3.60. The first-order valence-corrected chi connectivity index (χ1v) is 5.29. The van der Waals surface area contributed by atoms with Crippen molar-refractivity contribution < 1.29 is 4.42 Å². The number of nitrogen functional groups attached to an aromatic ring is 1. The van der Waals surface area contributed by atoms with Gasteiger partial charge < -0.3 is 15.5 Å². The third-order valence-corrected chi connectivity index (χ3v) is 2.40. The first kappa shape index (κ1) is 10.5. The summed E-state index contributed by atoms with van der Waals surface area (Å²) in [5.41, 5.74) is 6.61. The van der Waals surface area contributed by atoms with E-state index in [1.54, 1.807) is 6.07 Å². The van der Waals surface area contributed by atoms with E-state index < -0.39 is 5.63 Å². The standard InChI is InChI=1S/C12H14N2O2/c1-2-7-14-11-8-5-3-4-6-9(8)16-12(15)10(11)13/h3-6,14H,2,7,13H2,1H3. The third kappa shape index (κ3) is 1.74.